The predicted octanol–water partition coefficient (Wildman–Crippen LogP) is 1.39. The van der Waals surface area contributed by atoms with Crippen LogP contribution in [0.25, 0.3) is 0 Å². The molecule has 0 radical (unpaired) electrons. The number of hydrogen-bond acceptors (Lipinski definition) is 5. The average Bonchev–Trinajstić information content (AvgIpc) is 2.07. The van der Waals surface area contributed by atoms with Gasteiger partial charge in [-0.25, -0.2) is 0 Å². The van der Waals surface area contributed by atoms with Gasteiger partial charge in [-0.1, -0.05) is 0 Å². The number of aliphatic hydroxyl groups excluding tert-OH is 1. The van der Waals surface area contributed by atoms with Crippen LogP contribution in [0.4, 0.5) is 5.69 Å². The highest BCUT2D eigenvalue weighted by molar-refractivity contribution is 5.43. The van der Waals surface area contributed by atoms with E-state index in [-0.39, 0.29) is 24.0 Å². The SMILES string of the molecule is CC(O)Cc1ccc([N+](=O)[O-])cc1O.N. The van der Waals surface area contributed by atoms with Crippen molar-refractivity contribution in [3.05, 3.63) is 33.9 Å². The molecule has 0 aliphatic carbocycles. The number of phenolic OH excluding ortho intramolecular Hbond substituents is 1. The molecule has 0 aliphatic heterocycles. The summed E-state index contributed by atoms with van der Waals surface area (Å²) in [6, 6.07) is 3.83. The number of nitro groups is 1. The number of phenols is 1. The minimum absolute atomic E-state index is 0. The van der Waals surface area contributed by atoms with E-state index in [9.17, 15) is 15.2 Å². The number of nitrogens with zero attached hydrogens (tertiary/aromatic N) is 1. The van der Waals surface area contributed by atoms with Crippen molar-refractivity contribution >= 4 is 5.69 Å². The van der Waals surface area contributed by atoms with Crippen molar-refractivity contribution in [1.29, 1.82) is 0 Å². The molecule has 0 aliphatic rings. The molecule has 0 fully saturated rings. The van der Waals surface area contributed by atoms with Crippen LogP contribution in [0.2, 0.25) is 0 Å². The molecule has 1 aromatic carbocycles. The first-order valence-corrected chi connectivity index (χ1v) is 4.15. The molecule has 5 N–H and O–H groups in total. The minimum Gasteiger partial charge on any atom is -0.507 e. The number of aliphatic hydroxyl groups is 1. The monoisotopic (exact) mass is 214 g/mol. The summed E-state index contributed by atoms with van der Waals surface area (Å²) < 4.78 is 0. The maximum atomic E-state index is 10.3. The maximum absolute atomic E-state index is 10.3. The van der Waals surface area contributed by atoms with E-state index in [1.807, 2.05) is 0 Å². The standard InChI is InChI=1S/C9H11NO4.H3N/c1-6(11)4-7-2-3-8(10(13)14)5-9(7)12;/h2-3,5-6,11-12H,4H2,1H3;1H3. The van der Waals surface area contributed by atoms with Crippen molar-refractivity contribution in [3.8, 4) is 5.75 Å². The molecule has 1 aromatic rings. The van der Waals surface area contributed by atoms with Crippen LogP contribution < -0.4 is 6.15 Å². The van der Waals surface area contributed by atoms with E-state index in [4.69, 9.17) is 5.11 Å². The highest BCUT2D eigenvalue weighted by Crippen LogP contribution is 2.24. The Balaban J connectivity index is 0.00000196. The molecule has 0 aromatic heterocycles. The Kier molecular flexibility index (Phi) is 4.69. The number of hydrogen-bond donors (Lipinski definition) is 3. The van der Waals surface area contributed by atoms with Crippen molar-refractivity contribution in [3.63, 3.8) is 0 Å². The predicted molar refractivity (Wildman–Crippen MR) is 55.2 cm³/mol. The lowest BCUT2D eigenvalue weighted by Gasteiger charge is -2.05. The van der Waals surface area contributed by atoms with Crippen molar-refractivity contribution < 1.29 is 15.1 Å². The topological polar surface area (TPSA) is 119 Å². The summed E-state index contributed by atoms with van der Waals surface area (Å²) in [6.45, 7) is 1.58. The third kappa shape index (κ3) is 3.53. The second kappa shape index (κ2) is 5.28. The third-order valence-electron chi connectivity index (χ3n) is 1.80. The second-order valence-corrected chi connectivity index (χ2v) is 3.12. The molecule has 0 heterocycles. The first-order chi connectivity index (χ1) is 6.50. The first kappa shape index (κ1) is 13.3. The Morgan fingerprint density at radius 1 is 1.53 bits per heavy atom. The van der Waals surface area contributed by atoms with E-state index in [0.717, 1.165) is 6.07 Å². The van der Waals surface area contributed by atoms with Gasteiger partial charge in [-0.3, -0.25) is 10.1 Å². The lowest BCUT2D eigenvalue weighted by atomic mass is 10.1. The third-order valence-corrected chi connectivity index (χ3v) is 1.80. The number of aromatic hydroxyl groups is 1. The minimum atomic E-state index is -0.581. The van der Waals surface area contributed by atoms with Crippen LogP contribution in [0, 0.1) is 10.1 Å². The Morgan fingerprint density at radius 3 is 2.53 bits per heavy atom. The second-order valence-electron chi connectivity index (χ2n) is 3.12. The van der Waals surface area contributed by atoms with Gasteiger partial charge in [0.25, 0.3) is 5.69 Å². The fourth-order valence-corrected chi connectivity index (χ4v) is 1.16. The van der Waals surface area contributed by atoms with Crippen LogP contribution in [0.1, 0.15) is 12.5 Å². The summed E-state index contributed by atoms with van der Waals surface area (Å²) in [5.74, 6) is -0.153. The van der Waals surface area contributed by atoms with Gasteiger partial charge in [0.1, 0.15) is 5.75 Å². The van der Waals surface area contributed by atoms with Gasteiger partial charge in [0.05, 0.1) is 17.1 Å². The van der Waals surface area contributed by atoms with Gasteiger partial charge in [-0.05, 0) is 18.6 Å². The molecular formula is C9H14N2O4. The molecule has 0 amide bonds. The molecule has 0 spiro atoms. The molecule has 0 bridgehead atoms. The fourth-order valence-electron chi connectivity index (χ4n) is 1.16. The molecule has 6 nitrogen and oxygen atoms in total. The van der Waals surface area contributed by atoms with Crippen molar-refractivity contribution in [2.75, 3.05) is 0 Å². The summed E-state index contributed by atoms with van der Waals surface area (Å²) in [7, 11) is 0. The smallest absolute Gasteiger partial charge is 0.273 e. The number of nitro benzene ring substituents is 1. The van der Waals surface area contributed by atoms with E-state index in [2.05, 4.69) is 0 Å². The molecule has 15 heavy (non-hydrogen) atoms. The fraction of sp³-hybridized carbons (Fsp3) is 0.333. The number of rotatable bonds is 3. The summed E-state index contributed by atoms with van der Waals surface area (Å²) in [4.78, 5) is 9.75. The van der Waals surface area contributed by atoms with Gasteiger partial charge in [0, 0.05) is 12.5 Å². The average molecular weight is 214 g/mol. The van der Waals surface area contributed by atoms with E-state index in [1.165, 1.54) is 12.1 Å². The van der Waals surface area contributed by atoms with Crippen LogP contribution in [-0.4, -0.2) is 21.2 Å². The normalized spacial score (nSPS) is 11.6. The molecule has 0 saturated heterocycles. The van der Waals surface area contributed by atoms with Gasteiger partial charge >= 0.3 is 0 Å². The Morgan fingerprint density at radius 2 is 2.13 bits per heavy atom. The highest BCUT2D eigenvalue weighted by Gasteiger charge is 2.10. The number of benzene rings is 1. The Hall–Kier alpha value is -1.66. The molecule has 84 valence electrons. The van der Waals surface area contributed by atoms with Crippen molar-refractivity contribution in [2.45, 2.75) is 19.4 Å². The van der Waals surface area contributed by atoms with Crippen molar-refractivity contribution in [2.24, 2.45) is 0 Å². The van der Waals surface area contributed by atoms with E-state index >= 15 is 0 Å². The van der Waals surface area contributed by atoms with Gasteiger partial charge < -0.3 is 16.4 Å². The zero-order valence-electron chi connectivity index (χ0n) is 8.38. The first-order valence-electron chi connectivity index (χ1n) is 4.15. The zero-order chi connectivity index (χ0) is 10.7. The molecule has 1 unspecified atom stereocenters. The van der Waals surface area contributed by atoms with Crippen LogP contribution in [0.15, 0.2) is 18.2 Å². The summed E-state index contributed by atoms with van der Waals surface area (Å²) >= 11 is 0. The van der Waals surface area contributed by atoms with Gasteiger partial charge in [0.2, 0.25) is 0 Å². The van der Waals surface area contributed by atoms with Gasteiger partial charge in [-0.2, -0.15) is 0 Å². The van der Waals surface area contributed by atoms with Crippen LogP contribution in [0.3, 0.4) is 0 Å². The quantitative estimate of drug-likeness (QED) is 0.518. The lowest BCUT2D eigenvalue weighted by molar-refractivity contribution is -0.384. The Labute approximate surface area is 86.9 Å². The van der Waals surface area contributed by atoms with Crippen LogP contribution in [0.5, 0.6) is 5.75 Å². The Bertz CT molecular complexity index is 352. The van der Waals surface area contributed by atoms with E-state index in [1.54, 1.807) is 6.92 Å². The highest BCUT2D eigenvalue weighted by atomic mass is 16.6. The van der Waals surface area contributed by atoms with Gasteiger partial charge in [-0.15, -0.1) is 0 Å². The largest absolute Gasteiger partial charge is 0.507 e. The summed E-state index contributed by atoms with van der Waals surface area (Å²) in [5, 5.41) is 28.8. The molecule has 1 rings (SSSR count). The zero-order valence-corrected chi connectivity index (χ0v) is 8.38. The summed E-state index contributed by atoms with van der Waals surface area (Å²) in [5.41, 5.74) is 0.349. The lowest BCUT2D eigenvalue weighted by Crippen LogP contribution is -2.04. The molecule has 1 atom stereocenters. The van der Waals surface area contributed by atoms with E-state index in [0.29, 0.717) is 5.56 Å². The molecular weight excluding hydrogens is 200 g/mol. The van der Waals surface area contributed by atoms with Crippen LogP contribution in [-0.2, 0) is 6.42 Å². The van der Waals surface area contributed by atoms with Crippen molar-refractivity contribution in [1.82, 2.24) is 6.15 Å². The maximum Gasteiger partial charge on any atom is 0.273 e. The van der Waals surface area contributed by atoms with Gasteiger partial charge in [0.15, 0.2) is 0 Å². The molecule has 6 heteroatoms. The number of non-ortho nitro benzene ring substituents is 1. The van der Waals surface area contributed by atoms with E-state index < -0.39 is 11.0 Å². The van der Waals surface area contributed by atoms with Crippen LogP contribution >= 0.6 is 0 Å². The summed E-state index contributed by atoms with van der Waals surface area (Å²) in [6.07, 6.45) is -0.300. The molecule has 0 saturated carbocycles.